The molecule has 2 aromatic heterocycles. The van der Waals surface area contributed by atoms with Gasteiger partial charge in [-0.25, -0.2) is 0 Å². The summed E-state index contributed by atoms with van der Waals surface area (Å²) in [4.78, 5) is 16.2. The number of carbonyl (C=O) groups excluding carboxylic acids is 1. The number of hydrogen-bond acceptors (Lipinski definition) is 4. The van der Waals surface area contributed by atoms with Crippen LogP contribution in [0.2, 0.25) is 0 Å². The van der Waals surface area contributed by atoms with Gasteiger partial charge in [-0.1, -0.05) is 12.1 Å². The van der Waals surface area contributed by atoms with Crippen molar-refractivity contribution in [3.63, 3.8) is 0 Å². The molecule has 6 heteroatoms. The van der Waals surface area contributed by atoms with Crippen molar-refractivity contribution in [3.8, 4) is 5.75 Å². The van der Waals surface area contributed by atoms with Crippen molar-refractivity contribution < 1.29 is 9.53 Å². The lowest BCUT2D eigenvalue weighted by molar-refractivity contribution is 0.0790. The van der Waals surface area contributed by atoms with E-state index in [0.29, 0.717) is 13.2 Å². The Morgan fingerprint density at radius 2 is 2.04 bits per heavy atom. The molecule has 0 aliphatic carbocycles. The molecule has 0 unspecified atom stereocenters. The van der Waals surface area contributed by atoms with Crippen LogP contribution in [0.3, 0.4) is 0 Å². The van der Waals surface area contributed by atoms with Crippen molar-refractivity contribution in [2.24, 2.45) is 7.05 Å². The van der Waals surface area contributed by atoms with Crippen LogP contribution in [0.25, 0.3) is 10.2 Å². The zero-order valence-corrected chi connectivity index (χ0v) is 15.2. The Bertz CT molecular complexity index is 830. The van der Waals surface area contributed by atoms with Crippen LogP contribution in [-0.2, 0) is 13.6 Å². The molecule has 0 N–H and O–H groups in total. The van der Waals surface area contributed by atoms with Gasteiger partial charge in [0.05, 0.1) is 17.2 Å². The van der Waals surface area contributed by atoms with E-state index in [1.165, 1.54) is 11.3 Å². The third kappa shape index (κ3) is 3.14. The second-order valence-corrected chi connectivity index (χ2v) is 6.81. The molecule has 3 rings (SSSR count). The monoisotopic (exact) mass is 343 g/mol. The molecule has 3 aromatic rings. The van der Waals surface area contributed by atoms with Gasteiger partial charge < -0.3 is 9.64 Å². The predicted molar refractivity (Wildman–Crippen MR) is 96.7 cm³/mol. The van der Waals surface area contributed by atoms with Crippen LogP contribution < -0.4 is 4.74 Å². The fourth-order valence-corrected chi connectivity index (χ4v) is 3.82. The summed E-state index contributed by atoms with van der Waals surface area (Å²) in [5, 5.41) is 5.43. The molecule has 1 amide bonds. The lowest BCUT2D eigenvalue weighted by Crippen LogP contribution is -2.25. The zero-order valence-electron chi connectivity index (χ0n) is 14.4. The summed E-state index contributed by atoms with van der Waals surface area (Å²) in [7, 11) is 3.73. The van der Waals surface area contributed by atoms with E-state index < -0.39 is 0 Å². The second-order valence-electron chi connectivity index (χ2n) is 5.78. The molecule has 0 saturated carbocycles. The molecule has 0 aliphatic rings. The first-order valence-corrected chi connectivity index (χ1v) is 8.71. The van der Waals surface area contributed by atoms with E-state index in [2.05, 4.69) is 5.10 Å². The topological polar surface area (TPSA) is 47.4 Å². The highest BCUT2D eigenvalue weighted by Crippen LogP contribution is 2.28. The number of nitrogens with zero attached hydrogens (tertiary/aromatic N) is 3. The first-order valence-electron chi connectivity index (χ1n) is 7.90. The van der Waals surface area contributed by atoms with Crippen LogP contribution in [0.15, 0.2) is 30.3 Å². The van der Waals surface area contributed by atoms with Crippen molar-refractivity contribution >= 4 is 27.5 Å². The Hall–Kier alpha value is -2.34. The number of aryl methyl sites for hydroxylation is 2. The van der Waals surface area contributed by atoms with Crippen LogP contribution >= 0.6 is 11.3 Å². The van der Waals surface area contributed by atoms with Gasteiger partial charge in [0.1, 0.15) is 10.6 Å². The van der Waals surface area contributed by atoms with E-state index in [-0.39, 0.29) is 5.91 Å². The SMILES string of the molecule is CCOc1ccc(CN(C)C(=O)c2cc3c(C)nn(C)c3s2)cc1. The maximum Gasteiger partial charge on any atom is 0.264 e. The van der Waals surface area contributed by atoms with Gasteiger partial charge in [-0.2, -0.15) is 5.10 Å². The summed E-state index contributed by atoms with van der Waals surface area (Å²) < 4.78 is 7.27. The summed E-state index contributed by atoms with van der Waals surface area (Å²) in [6, 6.07) is 9.80. The summed E-state index contributed by atoms with van der Waals surface area (Å²) >= 11 is 1.49. The second kappa shape index (κ2) is 6.65. The van der Waals surface area contributed by atoms with Gasteiger partial charge in [0.25, 0.3) is 5.91 Å². The number of rotatable bonds is 5. The Morgan fingerprint density at radius 3 is 2.67 bits per heavy atom. The molecule has 24 heavy (non-hydrogen) atoms. The third-order valence-corrected chi connectivity index (χ3v) is 5.10. The standard InChI is InChI=1S/C18H21N3O2S/c1-5-23-14-8-6-13(7-9-14)11-20(3)17(22)16-10-15-12(2)19-21(4)18(15)24-16/h6-10H,5,11H2,1-4H3. The summed E-state index contributed by atoms with van der Waals surface area (Å²) in [6.45, 7) is 5.14. The Kier molecular flexibility index (Phi) is 4.57. The zero-order chi connectivity index (χ0) is 17.3. The highest BCUT2D eigenvalue weighted by atomic mass is 32.1. The number of amides is 1. The number of carbonyl (C=O) groups is 1. The molecule has 5 nitrogen and oxygen atoms in total. The van der Waals surface area contributed by atoms with Gasteiger partial charge in [0.2, 0.25) is 0 Å². The first kappa shape index (κ1) is 16.5. The fourth-order valence-electron chi connectivity index (χ4n) is 2.70. The highest BCUT2D eigenvalue weighted by molar-refractivity contribution is 7.20. The van der Waals surface area contributed by atoms with E-state index in [1.54, 1.807) is 4.90 Å². The molecule has 0 atom stereocenters. The van der Waals surface area contributed by atoms with Gasteiger partial charge >= 0.3 is 0 Å². The average molecular weight is 343 g/mol. The number of aromatic nitrogens is 2. The van der Waals surface area contributed by atoms with Gasteiger partial charge in [0, 0.05) is 26.0 Å². The molecule has 1 aromatic carbocycles. The molecule has 0 saturated heterocycles. The van der Waals surface area contributed by atoms with Crippen molar-refractivity contribution in [2.45, 2.75) is 20.4 Å². The van der Waals surface area contributed by atoms with Crippen LogP contribution in [0.1, 0.15) is 27.9 Å². The third-order valence-electron chi connectivity index (χ3n) is 3.91. The molecule has 2 heterocycles. The fraction of sp³-hybridized carbons (Fsp3) is 0.333. The summed E-state index contributed by atoms with van der Waals surface area (Å²) in [6.07, 6.45) is 0. The molecule has 0 bridgehead atoms. The largest absolute Gasteiger partial charge is 0.494 e. The van der Waals surface area contributed by atoms with Crippen molar-refractivity contribution in [3.05, 3.63) is 46.5 Å². The maximum absolute atomic E-state index is 12.7. The normalized spacial score (nSPS) is 11.0. The molecular formula is C18H21N3O2S. The van der Waals surface area contributed by atoms with E-state index in [1.807, 2.05) is 63.0 Å². The van der Waals surface area contributed by atoms with Crippen molar-refractivity contribution in [2.75, 3.05) is 13.7 Å². The number of fused-ring (bicyclic) bond motifs is 1. The molecule has 0 aliphatic heterocycles. The molecule has 0 fully saturated rings. The lowest BCUT2D eigenvalue weighted by Gasteiger charge is -2.16. The van der Waals surface area contributed by atoms with Crippen LogP contribution in [-0.4, -0.2) is 34.2 Å². The van der Waals surface area contributed by atoms with Gasteiger partial charge in [-0.15, -0.1) is 11.3 Å². The van der Waals surface area contributed by atoms with Gasteiger partial charge in [0.15, 0.2) is 0 Å². The van der Waals surface area contributed by atoms with E-state index in [0.717, 1.165) is 32.1 Å². The highest BCUT2D eigenvalue weighted by Gasteiger charge is 2.18. The quantitative estimate of drug-likeness (QED) is 0.711. The predicted octanol–water partition coefficient (Wildman–Crippen LogP) is 3.61. The maximum atomic E-state index is 12.7. The first-order chi connectivity index (χ1) is 11.5. The van der Waals surface area contributed by atoms with Crippen LogP contribution in [0, 0.1) is 6.92 Å². The van der Waals surface area contributed by atoms with Gasteiger partial charge in [-0.05, 0) is 37.6 Å². The van der Waals surface area contributed by atoms with Gasteiger partial charge in [-0.3, -0.25) is 9.48 Å². The van der Waals surface area contributed by atoms with Crippen LogP contribution in [0.5, 0.6) is 5.75 Å². The van der Waals surface area contributed by atoms with Crippen molar-refractivity contribution in [1.29, 1.82) is 0 Å². The number of thiophene rings is 1. The average Bonchev–Trinajstić information content (AvgIpc) is 3.11. The van der Waals surface area contributed by atoms with Crippen LogP contribution in [0.4, 0.5) is 0 Å². The smallest absolute Gasteiger partial charge is 0.264 e. The summed E-state index contributed by atoms with van der Waals surface area (Å²) in [5.74, 6) is 0.882. The number of ether oxygens (including phenoxy) is 1. The van der Waals surface area contributed by atoms with E-state index in [4.69, 9.17) is 4.74 Å². The molecule has 0 spiro atoms. The lowest BCUT2D eigenvalue weighted by atomic mass is 10.2. The minimum atomic E-state index is 0.0319. The minimum Gasteiger partial charge on any atom is -0.494 e. The molecule has 0 radical (unpaired) electrons. The summed E-state index contributed by atoms with van der Waals surface area (Å²) in [5.41, 5.74) is 2.03. The Balaban J connectivity index is 1.74. The molecular weight excluding hydrogens is 322 g/mol. The molecule has 126 valence electrons. The van der Waals surface area contributed by atoms with Crippen molar-refractivity contribution in [1.82, 2.24) is 14.7 Å². The number of benzene rings is 1. The van der Waals surface area contributed by atoms with E-state index in [9.17, 15) is 4.79 Å². The Labute approximate surface area is 145 Å². The Morgan fingerprint density at radius 1 is 1.33 bits per heavy atom. The number of hydrogen-bond donors (Lipinski definition) is 0. The minimum absolute atomic E-state index is 0.0319. The van der Waals surface area contributed by atoms with E-state index >= 15 is 0 Å².